The highest BCUT2D eigenvalue weighted by molar-refractivity contribution is 9.10. The molecule has 16 heavy (non-hydrogen) atoms. The van der Waals surface area contributed by atoms with Gasteiger partial charge in [-0.1, -0.05) is 41.1 Å². The molecule has 3 unspecified atom stereocenters. The largest absolute Gasteiger partial charge is 0.327 e. The summed E-state index contributed by atoms with van der Waals surface area (Å²) in [5, 5.41) is 0. The molecule has 0 bridgehead atoms. The first-order valence-corrected chi connectivity index (χ1v) is 6.95. The Balaban J connectivity index is 2.06. The number of rotatable bonds is 2. The SMILES string of the molecule is CC1CCC(N)C(Cc2ccccc2Br)C1. The Hall–Kier alpha value is -0.340. The normalized spacial score (nSPS) is 30.3. The van der Waals surface area contributed by atoms with Gasteiger partial charge in [-0.15, -0.1) is 0 Å². The van der Waals surface area contributed by atoms with Crippen molar-refractivity contribution >= 4 is 15.9 Å². The number of hydrogen-bond donors (Lipinski definition) is 1. The highest BCUT2D eigenvalue weighted by Gasteiger charge is 2.26. The van der Waals surface area contributed by atoms with E-state index in [1.807, 2.05) is 0 Å². The Labute approximate surface area is 107 Å². The molecule has 1 aromatic carbocycles. The number of nitrogens with two attached hydrogens (primary N) is 1. The van der Waals surface area contributed by atoms with E-state index in [2.05, 4.69) is 47.1 Å². The Bertz CT molecular complexity index is 350. The van der Waals surface area contributed by atoms with E-state index in [4.69, 9.17) is 5.73 Å². The van der Waals surface area contributed by atoms with Crippen LogP contribution in [0.4, 0.5) is 0 Å². The summed E-state index contributed by atoms with van der Waals surface area (Å²) in [6.45, 7) is 2.35. The molecule has 0 spiro atoms. The molecule has 88 valence electrons. The average molecular weight is 282 g/mol. The van der Waals surface area contributed by atoms with E-state index in [1.54, 1.807) is 0 Å². The minimum atomic E-state index is 0.392. The molecule has 1 saturated carbocycles. The standard InChI is InChI=1S/C14H20BrN/c1-10-6-7-14(16)12(8-10)9-11-4-2-3-5-13(11)15/h2-5,10,12,14H,6-9,16H2,1H3. The Morgan fingerprint density at radius 3 is 2.81 bits per heavy atom. The van der Waals surface area contributed by atoms with Crippen LogP contribution >= 0.6 is 15.9 Å². The number of hydrogen-bond acceptors (Lipinski definition) is 1. The van der Waals surface area contributed by atoms with Crippen molar-refractivity contribution in [2.24, 2.45) is 17.6 Å². The second-order valence-electron chi connectivity index (χ2n) is 5.14. The van der Waals surface area contributed by atoms with Gasteiger partial charge in [0.1, 0.15) is 0 Å². The fraction of sp³-hybridized carbons (Fsp3) is 0.571. The van der Waals surface area contributed by atoms with E-state index in [9.17, 15) is 0 Å². The molecule has 1 aliphatic rings. The topological polar surface area (TPSA) is 26.0 Å². The van der Waals surface area contributed by atoms with Crippen molar-refractivity contribution in [2.45, 2.75) is 38.6 Å². The lowest BCUT2D eigenvalue weighted by atomic mass is 9.76. The van der Waals surface area contributed by atoms with Gasteiger partial charge in [0.15, 0.2) is 0 Å². The molecule has 2 rings (SSSR count). The quantitative estimate of drug-likeness (QED) is 0.878. The van der Waals surface area contributed by atoms with Crippen molar-refractivity contribution in [1.29, 1.82) is 0 Å². The Morgan fingerprint density at radius 1 is 1.31 bits per heavy atom. The van der Waals surface area contributed by atoms with E-state index in [0.717, 1.165) is 12.3 Å². The third-order valence-corrected chi connectivity index (χ3v) is 4.52. The monoisotopic (exact) mass is 281 g/mol. The molecular formula is C14H20BrN. The summed E-state index contributed by atoms with van der Waals surface area (Å²) in [6.07, 6.45) is 4.89. The molecule has 3 atom stereocenters. The summed E-state index contributed by atoms with van der Waals surface area (Å²) in [7, 11) is 0. The van der Waals surface area contributed by atoms with Crippen LogP contribution in [0.25, 0.3) is 0 Å². The van der Waals surface area contributed by atoms with Crippen molar-refractivity contribution in [2.75, 3.05) is 0 Å². The second kappa shape index (κ2) is 5.33. The first-order valence-electron chi connectivity index (χ1n) is 6.16. The predicted molar refractivity (Wildman–Crippen MR) is 72.3 cm³/mol. The third-order valence-electron chi connectivity index (χ3n) is 3.74. The maximum Gasteiger partial charge on any atom is 0.0207 e. The molecule has 1 nitrogen and oxygen atoms in total. The van der Waals surface area contributed by atoms with Gasteiger partial charge >= 0.3 is 0 Å². The zero-order valence-electron chi connectivity index (χ0n) is 9.83. The number of benzene rings is 1. The molecular weight excluding hydrogens is 262 g/mol. The third kappa shape index (κ3) is 2.86. The minimum Gasteiger partial charge on any atom is -0.327 e. The van der Waals surface area contributed by atoms with Crippen LogP contribution in [0.1, 0.15) is 31.7 Å². The van der Waals surface area contributed by atoms with Gasteiger partial charge in [0.2, 0.25) is 0 Å². The molecule has 0 aromatic heterocycles. The first kappa shape index (κ1) is 12.1. The summed E-state index contributed by atoms with van der Waals surface area (Å²) in [5.74, 6) is 1.50. The van der Waals surface area contributed by atoms with Gasteiger partial charge in [0.25, 0.3) is 0 Å². The molecule has 2 heteroatoms. The summed E-state index contributed by atoms with van der Waals surface area (Å²) < 4.78 is 1.22. The fourth-order valence-corrected chi connectivity index (χ4v) is 3.15. The molecule has 1 aliphatic carbocycles. The molecule has 2 N–H and O–H groups in total. The predicted octanol–water partition coefficient (Wildman–Crippen LogP) is 3.76. The summed E-state index contributed by atoms with van der Waals surface area (Å²) in [6, 6.07) is 8.89. The van der Waals surface area contributed by atoms with Crippen LogP contribution in [0.5, 0.6) is 0 Å². The number of halogens is 1. The fourth-order valence-electron chi connectivity index (χ4n) is 2.70. The lowest BCUT2D eigenvalue weighted by molar-refractivity contribution is 0.244. The molecule has 1 fully saturated rings. The highest BCUT2D eigenvalue weighted by atomic mass is 79.9. The maximum absolute atomic E-state index is 6.22. The maximum atomic E-state index is 6.22. The lowest BCUT2D eigenvalue weighted by Gasteiger charge is -2.32. The van der Waals surface area contributed by atoms with Crippen molar-refractivity contribution in [1.82, 2.24) is 0 Å². The average Bonchev–Trinajstić information content (AvgIpc) is 2.27. The second-order valence-corrected chi connectivity index (χ2v) is 5.99. The summed E-state index contributed by atoms with van der Waals surface area (Å²) in [4.78, 5) is 0. The van der Waals surface area contributed by atoms with Crippen molar-refractivity contribution in [3.8, 4) is 0 Å². The van der Waals surface area contributed by atoms with Crippen LogP contribution < -0.4 is 5.73 Å². The lowest BCUT2D eigenvalue weighted by Crippen LogP contribution is -2.36. The van der Waals surface area contributed by atoms with E-state index in [-0.39, 0.29) is 0 Å². The van der Waals surface area contributed by atoms with Crippen LogP contribution in [0, 0.1) is 11.8 Å². The minimum absolute atomic E-state index is 0.392. The van der Waals surface area contributed by atoms with Crippen LogP contribution in [0.2, 0.25) is 0 Å². The van der Waals surface area contributed by atoms with Crippen molar-refractivity contribution in [3.05, 3.63) is 34.3 Å². The van der Waals surface area contributed by atoms with Gasteiger partial charge in [0.05, 0.1) is 0 Å². The highest BCUT2D eigenvalue weighted by Crippen LogP contribution is 2.31. The molecule has 0 heterocycles. The Kier molecular flexibility index (Phi) is 4.04. The van der Waals surface area contributed by atoms with Gasteiger partial charge in [-0.2, -0.15) is 0 Å². The Morgan fingerprint density at radius 2 is 2.06 bits per heavy atom. The first-order chi connectivity index (χ1) is 7.66. The van der Waals surface area contributed by atoms with E-state index in [1.165, 1.54) is 29.3 Å². The molecule has 0 saturated heterocycles. The van der Waals surface area contributed by atoms with E-state index < -0.39 is 0 Å². The van der Waals surface area contributed by atoms with E-state index in [0.29, 0.717) is 12.0 Å². The summed E-state index contributed by atoms with van der Waals surface area (Å²) >= 11 is 3.62. The van der Waals surface area contributed by atoms with Gasteiger partial charge in [-0.05, 0) is 49.1 Å². The van der Waals surface area contributed by atoms with Crippen molar-refractivity contribution in [3.63, 3.8) is 0 Å². The van der Waals surface area contributed by atoms with Gasteiger partial charge in [-0.25, -0.2) is 0 Å². The molecule has 0 amide bonds. The van der Waals surface area contributed by atoms with E-state index >= 15 is 0 Å². The zero-order valence-corrected chi connectivity index (χ0v) is 11.4. The molecule has 0 radical (unpaired) electrons. The molecule has 1 aromatic rings. The van der Waals surface area contributed by atoms with Crippen LogP contribution in [0.3, 0.4) is 0 Å². The van der Waals surface area contributed by atoms with Crippen molar-refractivity contribution < 1.29 is 0 Å². The van der Waals surface area contributed by atoms with Gasteiger partial charge < -0.3 is 5.73 Å². The van der Waals surface area contributed by atoms with Crippen LogP contribution in [0.15, 0.2) is 28.7 Å². The zero-order chi connectivity index (χ0) is 11.5. The van der Waals surface area contributed by atoms with Gasteiger partial charge in [0, 0.05) is 10.5 Å². The molecule has 0 aliphatic heterocycles. The van der Waals surface area contributed by atoms with Gasteiger partial charge in [-0.3, -0.25) is 0 Å². The smallest absolute Gasteiger partial charge is 0.0207 e. The van der Waals surface area contributed by atoms with Crippen LogP contribution in [-0.4, -0.2) is 6.04 Å². The summed E-state index contributed by atoms with van der Waals surface area (Å²) in [5.41, 5.74) is 7.62. The van der Waals surface area contributed by atoms with Crippen LogP contribution in [-0.2, 0) is 6.42 Å².